The van der Waals surface area contributed by atoms with Gasteiger partial charge in [-0.2, -0.15) is 0 Å². The number of hydrogen-bond acceptors (Lipinski definition) is 12. The highest BCUT2D eigenvalue weighted by Crippen LogP contribution is 2.38. The van der Waals surface area contributed by atoms with E-state index in [1.54, 1.807) is 12.1 Å². The number of aliphatic carboxylic acids is 1. The molecule has 2 saturated carbocycles. The maximum absolute atomic E-state index is 13.5. The van der Waals surface area contributed by atoms with Crippen LogP contribution in [-0.2, 0) is 52.9 Å². The van der Waals surface area contributed by atoms with Crippen molar-refractivity contribution in [1.29, 1.82) is 0 Å². The Kier molecular flexibility index (Phi) is 21.9. The van der Waals surface area contributed by atoms with Crippen LogP contribution in [-0.4, -0.2) is 146 Å². The molecule has 0 bridgehead atoms. The Morgan fingerprint density at radius 3 is 1.10 bits per heavy atom. The molecule has 7 fully saturated rings. The Morgan fingerprint density at radius 2 is 0.766 bits per heavy atom. The summed E-state index contributed by atoms with van der Waals surface area (Å²) < 4.78 is 11.7. The fourth-order valence-electron chi connectivity index (χ4n) is 15.7. The summed E-state index contributed by atoms with van der Waals surface area (Å²) in [5.41, 5.74) is 14.0. The highest BCUT2D eigenvalue weighted by atomic mass is 35.5. The number of aliphatic hydroxyl groups excluding tert-OH is 2. The average Bonchev–Trinajstić information content (AvgIpc) is 1.58. The summed E-state index contributed by atoms with van der Waals surface area (Å²) in [5.74, 6) is 0.379. The third-order valence-electron chi connectivity index (χ3n) is 21.7. The molecular weight excluding hydrogens is 1220 g/mol. The van der Waals surface area contributed by atoms with Gasteiger partial charge in [0, 0.05) is 69.4 Å². The number of fused-ring (bicyclic) bond motifs is 3. The molecule has 1 unspecified atom stereocenters. The summed E-state index contributed by atoms with van der Waals surface area (Å²) in [6, 6.07) is 30.6. The Hall–Kier alpha value is -6.07. The summed E-state index contributed by atoms with van der Waals surface area (Å²) in [7, 11) is 0. The standard InChI is InChI=1S/2C31H40ClN3O3.C15H19NO2/c2*32-27-18-23(8-12-29(27)38-26-10-11-26)30(36)28(20-34-14-3-4-15-34)33-31(37)24-13-16-35(19-24)25-9-7-21-5-1-2-6-22(21)17-25;17-15(18)13-7-8-16(10-13)14-6-5-11-3-1-2-4-12(11)9-14/h2*7-9,12,17-18,24,26,28,30,36H,1-6,10-11,13-16,19-20H2,(H,33,37);5-6,9,13H,1-4,7-8,10H2,(H,17,18)/t24-,28+,30+;24-,28-,30-;/m01./s1. The number of nitrogens with zero attached hydrogens (tertiary/aromatic N) is 5. The molecule has 504 valence electrons. The van der Waals surface area contributed by atoms with Crippen molar-refractivity contribution in [2.24, 2.45) is 17.8 Å². The van der Waals surface area contributed by atoms with Crippen LogP contribution in [0.4, 0.5) is 17.1 Å². The van der Waals surface area contributed by atoms with Crippen molar-refractivity contribution in [1.82, 2.24) is 20.4 Å². The van der Waals surface area contributed by atoms with Gasteiger partial charge in [0.1, 0.15) is 23.7 Å². The number of halogens is 2. The van der Waals surface area contributed by atoms with Gasteiger partial charge in [0.05, 0.1) is 52.1 Å². The molecule has 5 aliphatic heterocycles. The maximum atomic E-state index is 13.5. The van der Waals surface area contributed by atoms with Crippen LogP contribution in [0.3, 0.4) is 0 Å². The molecule has 5 aromatic carbocycles. The smallest absolute Gasteiger partial charge is 0.308 e. The molecule has 5 N–H and O–H groups in total. The van der Waals surface area contributed by atoms with Gasteiger partial charge in [-0.1, -0.05) is 53.5 Å². The van der Waals surface area contributed by atoms with Crippen LogP contribution in [0, 0.1) is 17.8 Å². The third kappa shape index (κ3) is 17.0. The van der Waals surface area contributed by atoms with Gasteiger partial charge in [-0.15, -0.1) is 0 Å². The molecule has 0 aromatic heterocycles. The van der Waals surface area contributed by atoms with Gasteiger partial charge in [0.15, 0.2) is 0 Å². The molecule has 15 nitrogen and oxygen atoms in total. The van der Waals surface area contributed by atoms with E-state index in [0.717, 1.165) is 142 Å². The van der Waals surface area contributed by atoms with Crippen molar-refractivity contribution < 1.29 is 39.2 Å². The molecule has 7 atom stereocenters. The number of carboxylic acid groups (broad SMARTS) is 1. The number of carbonyl (C=O) groups is 3. The minimum atomic E-state index is -0.842. The van der Waals surface area contributed by atoms with Crippen LogP contribution in [0.5, 0.6) is 11.5 Å². The highest BCUT2D eigenvalue weighted by molar-refractivity contribution is 6.32. The molecule has 5 aliphatic carbocycles. The second-order valence-electron chi connectivity index (χ2n) is 28.8. The predicted molar refractivity (Wildman–Crippen MR) is 373 cm³/mol. The molecule has 10 aliphatic rings. The number of nitrogens with one attached hydrogen (secondary N) is 2. The number of benzene rings is 5. The van der Waals surface area contributed by atoms with Crippen molar-refractivity contribution in [2.75, 3.05) is 93.2 Å². The number of aryl methyl sites for hydroxylation is 6. The lowest BCUT2D eigenvalue weighted by atomic mass is 9.91. The normalized spacial score (nSPS) is 23.1. The molecule has 5 saturated heterocycles. The Bertz CT molecular complexity index is 3260. The van der Waals surface area contributed by atoms with Gasteiger partial charge < -0.3 is 59.9 Å². The molecule has 94 heavy (non-hydrogen) atoms. The summed E-state index contributed by atoms with van der Waals surface area (Å²) >= 11 is 13.0. The molecule has 0 radical (unpaired) electrons. The first-order valence-electron chi connectivity index (χ1n) is 36.0. The average molecular weight is 1320 g/mol. The summed E-state index contributed by atoms with van der Waals surface area (Å²) in [6.45, 7) is 10.0. The second kappa shape index (κ2) is 31.0. The lowest BCUT2D eigenvalue weighted by Crippen LogP contribution is -2.48. The number of carbonyl (C=O) groups excluding carboxylic acids is 2. The summed E-state index contributed by atoms with van der Waals surface area (Å²) in [5, 5.41) is 39.4. The third-order valence-corrected chi connectivity index (χ3v) is 22.3. The zero-order valence-electron chi connectivity index (χ0n) is 55.0. The molecular formula is C77H99Cl2N7O8. The van der Waals surface area contributed by atoms with Gasteiger partial charge >= 0.3 is 5.97 Å². The van der Waals surface area contributed by atoms with E-state index in [1.807, 2.05) is 24.3 Å². The van der Waals surface area contributed by atoms with Crippen LogP contribution in [0.2, 0.25) is 10.0 Å². The lowest BCUT2D eigenvalue weighted by Gasteiger charge is -2.30. The minimum Gasteiger partial charge on any atom is -0.489 e. The Morgan fingerprint density at radius 1 is 0.426 bits per heavy atom. The summed E-state index contributed by atoms with van der Waals surface area (Å²) in [6.07, 6.45) is 24.9. The zero-order chi connectivity index (χ0) is 64.7. The lowest BCUT2D eigenvalue weighted by molar-refractivity contribution is -0.141. The molecule has 15 rings (SSSR count). The largest absolute Gasteiger partial charge is 0.489 e. The summed E-state index contributed by atoms with van der Waals surface area (Å²) in [4.78, 5) is 49.6. The molecule has 0 spiro atoms. The molecule has 2 amide bonds. The first-order chi connectivity index (χ1) is 45.8. The highest BCUT2D eigenvalue weighted by Gasteiger charge is 2.37. The van der Waals surface area contributed by atoms with Gasteiger partial charge in [0.25, 0.3) is 0 Å². The van der Waals surface area contributed by atoms with Gasteiger partial charge in [-0.25, -0.2) is 0 Å². The van der Waals surface area contributed by atoms with E-state index >= 15 is 0 Å². The van der Waals surface area contributed by atoms with Gasteiger partial charge in [-0.3, -0.25) is 14.4 Å². The van der Waals surface area contributed by atoms with Gasteiger partial charge in [-0.05, 0) is 279 Å². The van der Waals surface area contributed by atoms with Gasteiger partial charge in [0.2, 0.25) is 11.8 Å². The second-order valence-corrected chi connectivity index (χ2v) is 29.6. The number of rotatable bonds is 20. The van der Waals surface area contributed by atoms with E-state index in [9.17, 15) is 24.6 Å². The molecule has 17 heteroatoms. The van der Waals surface area contributed by atoms with E-state index in [2.05, 4.69) is 89.7 Å². The van der Waals surface area contributed by atoms with Crippen molar-refractivity contribution in [2.45, 2.75) is 184 Å². The fraction of sp³-hybridized carbons (Fsp3) is 0.571. The van der Waals surface area contributed by atoms with E-state index in [1.165, 1.54) is 115 Å². The number of ether oxygens (including phenoxy) is 2. The number of likely N-dealkylation sites (tertiary alicyclic amines) is 2. The van der Waals surface area contributed by atoms with Crippen LogP contribution < -0.4 is 34.8 Å². The fourth-order valence-corrected chi connectivity index (χ4v) is 16.2. The van der Waals surface area contributed by atoms with E-state index < -0.39 is 30.3 Å². The quantitative estimate of drug-likeness (QED) is 0.0499. The number of amides is 2. The van der Waals surface area contributed by atoms with Crippen LogP contribution in [0.15, 0.2) is 91.0 Å². The minimum absolute atomic E-state index is 0.0356. The van der Waals surface area contributed by atoms with E-state index in [4.69, 9.17) is 37.8 Å². The predicted octanol–water partition coefficient (Wildman–Crippen LogP) is 12.3. The Labute approximate surface area is 566 Å². The number of carboxylic acids is 1. The molecule has 5 aromatic rings. The van der Waals surface area contributed by atoms with Crippen LogP contribution in [0.1, 0.15) is 166 Å². The number of hydrogen-bond donors (Lipinski definition) is 5. The first-order valence-corrected chi connectivity index (χ1v) is 36.7. The topological polar surface area (TPSA) is 171 Å². The van der Waals surface area contributed by atoms with E-state index in [-0.39, 0.29) is 41.8 Å². The van der Waals surface area contributed by atoms with Crippen LogP contribution >= 0.6 is 23.2 Å². The monoisotopic (exact) mass is 1320 g/mol. The van der Waals surface area contributed by atoms with Crippen molar-refractivity contribution in [3.63, 3.8) is 0 Å². The van der Waals surface area contributed by atoms with Crippen LogP contribution in [0.25, 0.3) is 0 Å². The number of aliphatic hydroxyl groups is 2. The maximum Gasteiger partial charge on any atom is 0.308 e. The first kappa shape index (κ1) is 66.5. The zero-order valence-corrected chi connectivity index (χ0v) is 56.5. The van der Waals surface area contributed by atoms with Crippen molar-refractivity contribution >= 4 is 58.0 Å². The van der Waals surface area contributed by atoms with Crippen molar-refractivity contribution in [3.05, 3.63) is 146 Å². The number of anilines is 3. The Balaban J connectivity index is 0.000000136. The molecule has 5 heterocycles. The SMILES string of the molecule is O=C(N[C@H](CN1CCCC1)[C@H](O)c1ccc(OC2CC2)c(Cl)c1)[C@@H]1CCN(c2ccc3c(c2)CCCC3)C1.O=C(N[C@H](CN1CCCC1)[C@H](O)c1ccc(OC2CC2)c(Cl)c1)[C@H]1CCN(c2ccc3c(c2)CCCC3)C1.O=C(O)C1CCN(c2ccc3c(c2)CCCC3)C1. The van der Waals surface area contributed by atoms with Crippen molar-refractivity contribution in [3.8, 4) is 11.5 Å². The van der Waals surface area contributed by atoms with E-state index in [0.29, 0.717) is 52.3 Å².